The molecule has 2 heterocycles. The normalized spacial score (nSPS) is 19.1. The van der Waals surface area contributed by atoms with Crippen LogP contribution < -0.4 is 10.2 Å². The van der Waals surface area contributed by atoms with E-state index in [0.29, 0.717) is 38.2 Å². The van der Waals surface area contributed by atoms with Crippen LogP contribution in [0, 0.1) is 6.92 Å². The highest BCUT2D eigenvalue weighted by Crippen LogP contribution is 2.26. The Bertz CT molecular complexity index is 987. The second-order valence-corrected chi connectivity index (χ2v) is 10.3. The standard InChI is InChI=1S/C21H28ClN5O2S/c1-16-15-20(25-21(23-16)24-17-7-3-2-4-8-17)26-11-13-27(14-12-26)30(28,29)19-10-6-5-9-18(19)22/h5-6,9-10,15,17H,2-4,7-8,11-14H2,1H3,(H,23,24,25). The highest BCUT2D eigenvalue weighted by Gasteiger charge is 2.30. The first-order valence-corrected chi connectivity index (χ1v) is 12.4. The van der Waals surface area contributed by atoms with Crippen LogP contribution >= 0.6 is 11.6 Å². The second-order valence-electron chi connectivity index (χ2n) is 7.99. The van der Waals surface area contributed by atoms with Gasteiger partial charge in [0.1, 0.15) is 10.7 Å². The SMILES string of the molecule is Cc1cc(N2CCN(S(=O)(=O)c3ccccc3Cl)CC2)nc(NC2CCCCC2)n1. The van der Waals surface area contributed by atoms with Crippen molar-refractivity contribution in [2.45, 2.75) is 50.0 Å². The number of anilines is 2. The average Bonchev–Trinajstić information content (AvgIpc) is 2.74. The van der Waals surface area contributed by atoms with Crippen LogP contribution in [0.15, 0.2) is 35.2 Å². The van der Waals surface area contributed by atoms with Crippen LogP contribution in [-0.4, -0.2) is 54.9 Å². The van der Waals surface area contributed by atoms with Gasteiger partial charge in [-0.1, -0.05) is 43.0 Å². The van der Waals surface area contributed by atoms with Crippen LogP contribution in [0.5, 0.6) is 0 Å². The minimum absolute atomic E-state index is 0.164. The van der Waals surface area contributed by atoms with Gasteiger partial charge in [0.25, 0.3) is 0 Å². The van der Waals surface area contributed by atoms with Crippen LogP contribution in [-0.2, 0) is 10.0 Å². The molecule has 1 saturated heterocycles. The van der Waals surface area contributed by atoms with E-state index in [4.69, 9.17) is 16.6 Å². The van der Waals surface area contributed by atoms with Crippen molar-refractivity contribution >= 4 is 33.4 Å². The topological polar surface area (TPSA) is 78.4 Å². The van der Waals surface area contributed by atoms with Gasteiger partial charge in [-0.15, -0.1) is 0 Å². The van der Waals surface area contributed by atoms with E-state index in [1.54, 1.807) is 24.3 Å². The molecule has 162 valence electrons. The quantitative estimate of drug-likeness (QED) is 0.749. The average molecular weight is 450 g/mol. The maximum atomic E-state index is 13.0. The molecule has 1 N–H and O–H groups in total. The summed E-state index contributed by atoms with van der Waals surface area (Å²) in [5.74, 6) is 1.51. The molecule has 0 amide bonds. The van der Waals surface area contributed by atoms with Crippen molar-refractivity contribution in [1.29, 1.82) is 0 Å². The van der Waals surface area contributed by atoms with Gasteiger partial charge in [0.15, 0.2) is 0 Å². The minimum Gasteiger partial charge on any atom is -0.354 e. The number of rotatable bonds is 5. The maximum absolute atomic E-state index is 13.0. The zero-order valence-electron chi connectivity index (χ0n) is 17.2. The van der Waals surface area contributed by atoms with E-state index >= 15 is 0 Å². The Kier molecular flexibility index (Phi) is 6.46. The minimum atomic E-state index is -3.60. The molecule has 2 aliphatic rings. The van der Waals surface area contributed by atoms with Crippen LogP contribution in [0.3, 0.4) is 0 Å². The molecule has 0 bridgehead atoms. The summed E-state index contributed by atoms with van der Waals surface area (Å²) < 4.78 is 27.4. The predicted molar refractivity (Wildman–Crippen MR) is 120 cm³/mol. The summed E-state index contributed by atoms with van der Waals surface area (Å²) in [7, 11) is -3.60. The van der Waals surface area contributed by atoms with E-state index in [1.165, 1.54) is 23.6 Å². The zero-order valence-corrected chi connectivity index (χ0v) is 18.8. The lowest BCUT2D eigenvalue weighted by molar-refractivity contribution is 0.383. The Balaban J connectivity index is 1.44. The van der Waals surface area contributed by atoms with Gasteiger partial charge in [-0.05, 0) is 31.9 Å². The first-order valence-electron chi connectivity index (χ1n) is 10.6. The highest BCUT2D eigenvalue weighted by atomic mass is 35.5. The van der Waals surface area contributed by atoms with Crippen LogP contribution in [0.25, 0.3) is 0 Å². The van der Waals surface area contributed by atoms with Crippen LogP contribution in [0.1, 0.15) is 37.8 Å². The Morgan fingerprint density at radius 2 is 1.73 bits per heavy atom. The van der Waals surface area contributed by atoms with Gasteiger partial charge in [0.2, 0.25) is 16.0 Å². The molecular formula is C21H28ClN5O2S. The number of aromatic nitrogens is 2. The molecule has 0 radical (unpaired) electrons. The van der Waals surface area contributed by atoms with Gasteiger partial charge in [-0.25, -0.2) is 13.4 Å². The third kappa shape index (κ3) is 4.71. The number of nitrogens with one attached hydrogen (secondary N) is 1. The molecule has 1 saturated carbocycles. The van der Waals surface area contributed by atoms with E-state index in [-0.39, 0.29) is 9.92 Å². The Morgan fingerprint density at radius 1 is 1.03 bits per heavy atom. The lowest BCUT2D eigenvalue weighted by Gasteiger charge is -2.35. The number of sulfonamides is 1. The van der Waals surface area contributed by atoms with Gasteiger partial charge in [0.05, 0.1) is 5.02 Å². The van der Waals surface area contributed by atoms with E-state index in [9.17, 15) is 8.42 Å². The third-order valence-electron chi connectivity index (χ3n) is 5.80. The molecule has 7 nitrogen and oxygen atoms in total. The monoisotopic (exact) mass is 449 g/mol. The first-order chi connectivity index (χ1) is 14.4. The summed E-state index contributed by atoms with van der Waals surface area (Å²) in [6, 6.07) is 8.99. The summed E-state index contributed by atoms with van der Waals surface area (Å²) >= 11 is 6.13. The molecular weight excluding hydrogens is 422 g/mol. The second kappa shape index (κ2) is 9.08. The maximum Gasteiger partial charge on any atom is 0.244 e. The highest BCUT2D eigenvalue weighted by molar-refractivity contribution is 7.89. The molecule has 1 aliphatic carbocycles. The molecule has 1 aromatic carbocycles. The Labute approximate surface area is 183 Å². The number of hydrogen-bond donors (Lipinski definition) is 1. The van der Waals surface area contributed by atoms with E-state index in [2.05, 4.69) is 15.2 Å². The van der Waals surface area contributed by atoms with Gasteiger partial charge in [-0.3, -0.25) is 0 Å². The van der Waals surface area contributed by atoms with Crippen molar-refractivity contribution in [3.63, 3.8) is 0 Å². The van der Waals surface area contributed by atoms with Crippen LogP contribution in [0.4, 0.5) is 11.8 Å². The summed E-state index contributed by atoms with van der Waals surface area (Å²) in [4.78, 5) is 11.6. The van der Waals surface area contributed by atoms with Crippen molar-refractivity contribution in [3.8, 4) is 0 Å². The van der Waals surface area contributed by atoms with Crippen molar-refractivity contribution in [2.75, 3.05) is 36.4 Å². The molecule has 1 aliphatic heterocycles. The molecule has 9 heteroatoms. The molecule has 2 fully saturated rings. The number of halogens is 1. The fourth-order valence-electron chi connectivity index (χ4n) is 4.16. The van der Waals surface area contributed by atoms with Crippen LogP contribution in [0.2, 0.25) is 5.02 Å². The number of aryl methyl sites for hydroxylation is 1. The van der Waals surface area contributed by atoms with Gasteiger partial charge in [0, 0.05) is 44.0 Å². The van der Waals surface area contributed by atoms with Gasteiger partial charge >= 0.3 is 0 Å². The fraction of sp³-hybridized carbons (Fsp3) is 0.524. The Morgan fingerprint density at radius 3 is 2.43 bits per heavy atom. The van der Waals surface area contributed by atoms with E-state index < -0.39 is 10.0 Å². The molecule has 30 heavy (non-hydrogen) atoms. The smallest absolute Gasteiger partial charge is 0.244 e. The lowest BCUT2D eigenvalue weighted by Crippen LogP contribution is -2.49. The number of benzene rings is 1. The summed E-state index contributed by atoms with van der Waals surface area (Å²) in [5, 5.41) is 3.75. The van der Waals surface area contributed by atoms with Gasteiger partial charge < -0.3 is 10.2 Å². The van der Waals surface area contributed by atoms with E-state index in [0.717, 1.165) is 24.4 Å². The molecule has 4 rings (SSSR count). The van der Waals surface area contributed by atoms with Gasteiger partial charge in [-0.2, -0.15) is 9.29 Å². The third-order valence-corrected chi connectivity index (χ3v) is 8.19. The molecule has 0 spiro atoms. The zero-order chi connectivity index (χ0) is 21.1. The molecule has 1 aromatic heterocycles. The molecule has 0 unspecified atom stereocenters. The van der Waals surface area contributed by atoms with Crippen molar-refractivity contribution in [2.24, 2.45) is 0 Å². The van der Waals surface area contributed by atoms with E-state index in [1.807, 2.05) is 13.0 Å². The summed E-state index contributed by atoms with van der Waals surface area (Å²) in [5.41, 5.74) is 0.907. The lowest BCUT2D eigenvalue weighted by atomic mass is 9.96. The summed E-state index contributed by atoms with van der Waals surface area (Å²) in [6.07, 6.45) is 6.12. The fourth-order valence-corrected chi connectivity index (χ4v) is 6.07. The van der Waals surface area contributed by atoms with Crippen molar-refractivity contribution < 1.29 is 8.42 Å². The predicted octanol–water partition coefficient (Wildman–Crippen LogP) is 3.69. The van der Waals surface area contributed by atoms with Crippen molar-refractivity contribution in [3.05, 3.63) is 41.0 Å². The molecule has 0 atom stereocenters. The van der Waals surface area contributed by atoms with Crippen molar-refractivity contribution in [1.82, 2.24) is 14.3 Å². The molecule has 2 aromatic rings. The number of piperazine rings is 1. The number of hydrogen-bond acceptors (Lipinski definition) is 6. The number of nitrogens with zero attached hydrogens (tertiary/aromatic N) is 4. The first kappa shape index (κ1) is 21.3. The largest absolute Gasteiger partial charge is 0.354 e. The Hall–Kier alpha value is -1.90. The summed E-state index contributed by atoms with van der Waals surface area (Å²) in [6.45, 7) is 3.89.